The Morgan fingerprint density at radius 2 is 1.91 bits per heavy atom. The molecule has 1 aromatic heterocycles. The van der Waals surface area contributed by atoms with Crippen molar-refractivity contribution in [3.8, 4) is 17.0 Å². The molecule has 0 bridgehead atoms. The van der Waals surface area contributed by atoms with Gasteiger partial charge in [-0.05, 0) is 31.2 Å². The Bertz CT molecular complexity index is 1350. The molecule has 1 amide bonds. The average molecular weight is 506 g/mol. The van der Waals surface area contributed by atoms with Crippen LogP contribution < -0.4 is 5.43 Å². The minimum atomic E-state index is -0.907. The number of aryl methyl sites for hydroxylation is 1. The van der Waals surface area contributed by atoms with Crippen LogP contribution in [0, 0.1) is 10.1 Å². The molecule has 0 aliphatic heterocycles. The average Bonchev–Trinajstić information content (AvgIpc) is 3.11. The van der Waals surface area contributed by atoms with Gasteiger partial charge in [-0.15, -0.1) is 0 Å². The first-order chi connectivity index (χ1) is 16.0. The molecule has 2 N–H and O–H groups in total. The number of halogens is 2. The van der Waals surface area contributed by atoms with Gasteiger partial charge in [0.2, 0.25) is 0 Å². The van der Waals surface area contributed by atoms with Gasteiger partial charge >= 0.3 is 5.97 Å². The minimum absolute atomic E-state index is 0.0934. The number of methoxy groups -OCH3 is 1. The van der Waals surface area contributed by atoms with Gasteiger partial charge in [-0.25, -0.2) is 10.2 Å². The molecular weight excluding hydrogens is 489 g/mol. The van der Waals surface area contributed by atoms with Crippen LogP contribution in [0.3, 0.4) is 0 Å². The molecule has 0 spiro atoms. The van der Waals surface area contributed by atoms with E-state index in [1.54, 1.807) is 25.2 Å². The zero-order chi connectivity index (χ0) is 25.2. The van der Waals surface area contributed by atoms with Crippen molar-refractivity contribution in [1.29, 1.82) is 0 Å². The fourth-order valence-corrected chi connectivity index (χ4v) is 3.38. The fraction of sp³-hybridized carbons (Fsp3) is 0.143. The van der Waals surface area contributed by atoms with Crippen LogP contribution in [0.4, 0.5) is 5.69 Å². The molecule has 0 aliphatic carbocycles. The first kappa shape index (κ1) is 24.7. The largest absolute Gasteiger partial charge is 0.504 e. The van der Waals surface area contributed by atoms with Gasteiger partial charge in [0.1, 0.15) is 11.3 Å². The van der Waals surface area contributed by atoms with Gasteiger partial charge in [0.05, 0.1) is 27.8 Å². The highest BCUT2D eigenvalue weighted by atomic mass is 35.5. The standard InChI is InChI=1S/C21H17Cl2N5O6/c1-10(17-19(29)18(27(2)26-17)11-5-7-14(22)15(23)8-11)24-25-20(30)12-4-6-13(21(31)34-3)16(9-12)28(32)33/h4-9,29H,1-3H3,(H,25,30)/b24-10+. The minimum Gasteiger partial charge on any atom is -0.504 e. The van der Waals surface area contributed by atoms with E-state index in [1.165, 1.54) is 17.7 Å². The molecular formula is C21H17Cl2N5O6. The summed E-state index contributed by atoms with van der Waals surface area (Å²) >= 11 is 12.0. The summed E-state index contributed by atoms with van der Waals surface area (Å²) in [5.74, 6) is -1.88. The summed E-state index contributed by atoms with van der Waals surface area (Å²) in [6.45, 7) is 1.50. The summed E-state index contributed by atoms with van der Waals surface area (Å²) in [4.78, 5) is 34.7. The van der Waals surface area contributed by atoms with Crippen LogP contribution in [0.25, 0.3) is 11.3 Å². The SMILES string of the molecule is COC(=O)c1ccc(C(=O)N/N=C(\C)c2nn(C)c(-c3ccc(Cl)c(Cl)c3)c2O)cc1[N+](=O)[O-]. The van der Waals surface area contributed by atoms with E-state index in [-0.39, 0.29) is 28.3 Å². The number of hydrogen-bond donors (Lipinski definition) is 2. The van der Waals surface area contributed by atoms with Gasteiger partial charge in [0.25, 0.3) is 11.6 Å². The fourth-order valence-electron chi connectivity index (χ4n) is 3.08. The topological polar surface area (TPSA) is 149 Å². The van der Waals surface area contributed by atoms with E-state index in [2.05, 4.69) is 20.4 Å². The number of rotatable bonds is 6. The van der Waals surface area contributed by atoms with Crippen molar-refractivity contribution >= 4 is 46.5 Å². The van der Waals surface area contributed by atoms with Crippen LogP contribution in [-0.4, -0.2) is 44.5 Å². The van der Waals surface area contributed by atoms with Crippen LogP contribution in [0.1, 0.15) is 33.3 Å². The molecule has 0 saturated heterocycles. The summed E-state index contributed by atoms with van der Waals surface area (Å²) in [7, 11) is 2.69. The second kappa shape index (κ2) is 9.89. The Kier molecular flexibility index (Phi) is 7.18. The highest BCUT2D eigenvalue weighted by Crippen LogP contribution is 2.35. The number of nitrogens with zero attached hydrogens (tertiary/aromatic N) is 4. The van der Waals surface area contributed by atoms with Crippen molar-refractivity contribution in [3.63, 3.8) is 0 Å². The molecule has 3 aromatic rings. The predicted molar refractivity (Wildman–Crippen MR) is 124 cm³/mol. The smallest absolute Gasteiger partial charge is 0.344 e. The lowest BCUT2D eigenvalue weighted by Gasteiger charge is -2.05. The molecule has 34 heavy (non-hydrogen) atoms. The number of nitro benzene ring substituents is 1. The third-order valence-electron chi connectivity index (χ3n) is 4.75. The van der Waals surface area contributed by atoms with E-state index in [0.29, 0.717) is 21.3 Å². The highest BCUT2D eigenvalue weighted by Gasteiger charge is 2.24. The van der Waals surface area contributed by atoms with Crippen molar-refractivity contribution in [1.82, 2.24) is 15.2 Å². The molecule has 0 saturated carbocycles. The predicted octanol–water partition coefficient (Wildman–Crippen LogP) is 3.95. The van der Waals surface area contributed by atoms with Gasteiger partial charge < -0.3 is 9.84 Å². The maximum absolute atomic E-state index is 12.5. The van der Waals surface area contributed by atoms with Crippen molar-refractivity contribution in [2.75, 3.05) is 7.11 Å². The molecule has 0 aliphatic rings. The normalized spacial score (nSPS) is 11.3. The van der Waals surface area contributed by atoms with Gasteiger partial charge in [-0.2, -0.15) is 10.2 Å². The van der Waals surface area contributed by atoms with Gasteiger partial charge in [-0.1, -0.05) is 29.3 Å². The summed E-state index contributed by atoms with van der Waals surface area (Å²) in [5.41, 5.74) is 2.42. The molecule has 176 valence electrons. The van der Waals surface area contributed by atoms with Crippen molar-refractivity contribution in [2.45, 2.75) is 6.92 Å². The van der Waals surface area contributed by atoms with E-state index >= 15 is 0 Å². The Balaban J connectivity index is 1.87. The van der Waals surface area contributed by atoms with Crippen LogP contribution in [0.15, 0.2) is 41.5 Å². The molecule has 11 nitrogen and oxygen atoms in total. The van der Waals surface area contributed by atoms with Crippen LogP contribution in [-0.2, 0) is 11.8 Å². The van der Waals surface area contributed by atoms with Crippen molar-refractivity contribution in [2.24, 2.45) is 12.1 Å². The van der Waals surface area contributed by atoms with E-state index in [0.717, 1.165) is 19.2 Å². The molecule has 13 heteroatoms. The number of carbonyl (C=O) groups excluding carboxylic acids is 2. The van der Waals surface area contributed by atoms with E-state index in [4.69, 9.17) is 23.2 Å². The summed E-state index contributed by atoms with van der Waals surface area (Å²) in [5, 5.41) is 30.8. The summed E-state index contributed by atoms with van der Waals surface area (Å²) in [6, 6.07) is 8.09. The number of aromatic hydroxyl groups is 1. The number of ether oxygens (including phenoxy) is 1. The Hall–Kier alpha value is -3.96. The lowest BCUT2D eigenvalue weighted by Crippen LogP contribution is -2.20. The third-order valence-corrected chi connectivity index (χ3v) is 5.48. The zero-order valence-electron chi connectivity index (χ0n) is 18.0. The van der Waals surface area contributed by atoms with E-state index < -0.39 is 22.5 Å². The second-order valence-electron chi connectivity index (χ2n) is 6.92. The van der Waals surface area contributed by atoms with E-state index in [1.807, 2.05) is 0 Å². The number of carbonyl (C=O) groups is 2. The van der Waals surface area contributed by atoms with Crippen LogP contribution in [0.2, 0.25) is 10.0 Å². The van der Waals surface area contributed by atoms with Crippen LogP contribution >= 0.6 is 23.2 Å². The Morgan fingerprint density at radius 1 is 1.21 bits per heavy atom. The monoisotopic (exact) mass is 505 g/mol. The molecule has 3 rings (SSSR count). The Morgan fingerprint density at radius 3 is 2.53 bits per heavy atom. The first-order valence-electron chi connectivity index (χ1n) is 9.48. The van der Waals surface area contributed by atoms with Gasteiger partial charge in [-0.3, -0.25) is 19.6 Å². The van der Waals surface area contributed by atoms with Crippen LogP contribution in [0.5, 0.6) is 5.75 Å². The number of nitro groups is 1. The maximum Gasteiger partial charge on any atom is 0.344 e. The molecule has 0 fully saturated rings. The Labute approximate surface area is 202 Å². The van der Waals surface area contributed by atoms with E-state index in [9.17, 15) is 24.8 Å². The number of hydrazone groups is 1. The molecule has 0 radical (unpaired) electrons. The number of benzene rings is 2. The number of aromatic nitrogens is 2. The second-order valence-corrected chi connectivity index (χ2v) is 7.73. The third kappa shape index (κ3) is 4.85. The lowest BCUT2D eigenvalue weighted by atomic mass is 10.1. The molecule has 1 heterocycles. The molecule has 2 aromatic carbocycles. The maximum atomic E-state index is 12.5. The quantitative estimate of drug-likeness (QED) is 0.223. The number of esters is 1. The first-order valence-corrected chi connectivity index (χ1v) is 10.2. The molecule has 0 unspecified atom stereocenters. The lowest BCUT2D eigenvalue weighted by molar-refractivity contribution is -0.385. The summed E-state index contributed by atoms with van der Waals surface area (Å²) < 4.78 is 5.93. The van der Waals surface area contributed by atoms with Gasteiger partial charge in [0, 0.05) is 24.2 Å². The summed E-state index contributed by atoms with van der Waals surface area (Å²) in [6.07, 6.45) is 0. The number of nitrogens with one attached hydrogen (secondary N) is 1. The van der Waals surface area contributed by atoms with Gasteiger partial charge in [0.15, 0.2) is 11.4 Å². The number of hydrogen-bond acceptors (Lipinski definition) is 8. The molecule has 0 atom stereocenters. The zero-order valence-corrected chi connectivity index (χ0v) is 19.5. The van der Waals surface area contributed by atoms with Crippen molar-refractivity contribution < 1.29 is 24.4 Å². The number of amides is 1. The van der Waals surface area contributed by atoms with Crippen molar-refractivity contribution in [3.05, 3.63) is 73.4 Å². The highest BCUT2D eigenvalue weighted by molar-refractivity contribution is 6.42.